The van der Waals surface area contributed by atoms with E-state index in [-0.39, 0.29) is 0 Å². The van der Waals surface area contributed by atoms with Gasteiger partial charge in [-0.3, -0.25) is 0 Å². The van der Waals surface area contributed by atoms with Crippen molar-refractivity contribution in [3.8, 4) is 11.5 Å². The molecule has 1 aromatic carbocycles. The van der Waals surface area contributed by atoms with Gasteiger partial charge in [0.2, 0.25) is 0 Å². The van der Waals surface area contributed by atoms with Crippen LogP contribution in [0.15, 0.2) is 22.7 Å². The predicted molar refractivity (Wildman–Crippen MR) is 77.0 cm³/mol. The molecule has 1 aliphatic rings. The SMILES string of the molecule is COc1c(Br)cc(/C=C/CN)cc1OCC1CC1. The number of nitrogens with two attached hydrogens (primary N) is 1. The molecule has 1 aliphatic carbocycles. The first-order chi connectivity index (χ1) is 8.74. The first-order valence-electron chi connectivity index (χ1n) is 6.11. The van der Waals surface area contributed by atoms with Gasteiger partial charge in [0.15, 0.2) is 11.5 Å². The lowest BCUT2D eigenvalue weighted by Gasteiger charge is -2.13. The lowest BCUT2D eigenvalue weighted by Crippen LogP contribution is -2.01. The molecule has 18 heavy (non-hydrogen) atoms. The summed E-state index contributed by atoms with van der Waals surface area (Å²) in [7, 11) is 1.65. The van der Waals surface area contributed by atoms with Gasteiger partial charge >= 0.3 is 0 Å². The minimum Gasteiger partial charge on any atom is -0.492 e. The highest BCUT2D eigenvalue weighted by molar-refractivity contribution is 9.10. The van der Waals surface area contributed by atoms with E-state index >= 15 is 0 Å². The second-order valence-electron chi connectivity index (χ2n) is 4.43. The third-order valence-electron chi connectivity index (χ3n) is 2.85. The lowest BCUT2D eigenvalue weighted by molar-refractivity contribution is 0.279. The van der Waals surface area contributed by atoms with Crippen LogP contribution in [0.3, 0.4) is 0 Å². The highest BCUT2D eigenvalue weighted by Crippen LogP contribution is 2.38. The molecule has 1 fully saturated rings. The van der Waals surface area contributed by atoms with Gasteiger partial charge in [-0.05, 0) is 52.4 Å². The molecule has 4 heteroatoms. The van der Waals surface area contributed by atoms with Crippen molar-refractivity contribution in [1.82, 2.24) is 0 Å². The third-order valence-corrected chi connectivity index (χ3v) is 3.44. The van der Waals surface area contributed by atoms with Crippen LogP contribution >= 0.6 is 15.9 Å². The normalized spacial score (nSPS) is 15.1. The molecule has 1 aromatic rings. The maximum atomic E-state index is 5.83. The molecule has 0 aromatic heterocycles. The molecule has 0 bridgehead atoms. The van der Waals surface area contributed by atoms with Crippen LogP contribution in [0.2, 0.25) is 0 Å². The zero-order chi connectivity index (χ0) is 13.0. The molecular formula is C14H18BrNO2. The maximum Gasteiger partial charge on any atom is 0.174 e. The van der Waals surface area contributed by atoms with Gasteiger partial charge in [0, 0.05) is 6.54 Å². The Morgan fingerprint density at radius 2 is 2.22 bits per heavy atom. The van der Waals surface area contributed by atoms with Crippen LogP contribution in [0.5, 0.6) is 11.5 Å². The van der Waals surface area contributed by atoms with Crippen molar-refractivity contribution in [2.45, 2.75) is 12.8 Å². The fraction of sp³-hybridized carbons (Fsp3) is 0.429. The molecule has 3 nitrogen and oxygen atoms in total. The van der Waals surface area contributed by atoms with Crippen LogP contribution in [-0.2, 0) is 0 Å². The Bertz CT molecular complexity index is 442. The zero-order valence-corrected chi connectivity index (χ0v) is 12.1. The summed E-state index contributed by atoms with van der Waals surface area (Å²) in [5.74, 6) is 2.26. The summed E-state index contributed by atoms with van der Waals surface area (Å²) in [6, 6.07) is 3.98. The maximum absolute atomic E-state index is 5.83. The molecule has 0 unspecified atom stereocenters. The van der Waals surface area contributed by atoms with E-state index in [4.69, 9.17) is 15.2 Å². The first-order valence-corrected chi connectivity index (χ1v) is 6.91. The molecule has 0 radical (unpaired) electrons. The van der Waals surface area contributed by atoms with E-state index in [9.17, 15) is 0 Å². The van der Waals surface area contributed by atoms with E-state index < -0.39 is 0 Å². The van der Waals surface area contributed by atoms with E-state index in [1.165, 1.54) is 12.8 Å². The van der Waals surface area contributed by atoms with E-state index in [1.807, 2.05) is 24.3 Å². The van der Waals surface area contributed by atoms with Gasteiger partial charge in [0.1, 0.15) is 0 Å². The minimum absolute atomic E-state index is 0.530. The van der Waals surface area contributed by atoms with Crippen molar-refractivity contribution in [2.75, 3.05) is 20.3 Å². The molecule has 1 saturated carbocycles. The average molecular weight is 312 g/mol. The largest absolute Gasteiger partial charge is 0.492 e. The monoisotopic (exact) mass is 311 g/mol. The number of rotatable bonds is 6. The van der Waals surface area contributed by atoms with Crippen LogP contribution in [0.4, 0.5) is 0 Å². The minimum atomic E-state index is 0.530. The number of hydrogen-bond donors (Lipinski definition) is 1. The molecule has 0 heterocycles. The fourth-order valence-electron chi connectivity index (χ4n) is 1.69. The molecule has 98 valence electrons. The summed E-state index contributed by atoms with van der Waals surface area (Å²) in [6.07, 6.45) is 6.44. The van der Waals surface area contributed by atoms with Crippen molar-refractivity contribution in [2.24, 2.45) is 11.7 Å². The van der Waals surface area contributed by atoms with Crippen molar-refractivity contribution in [1.29, 1.82) is 0 Å². The molecule has 2 rings (SSSR count). The van der Waals surface area contributed by atoms with Gasteiger partial charge in [-0.25, -0.2) is 0 Å². The standard InChI is InChI=1S/C14H18BrNO2/c1-17-14-12(15)7-11(3-2-6-16)8-13(14)18-9-10-4-5-10/h2-3,7-8,10H,4-6,9,16H2,1H3/b3-2+. The van der Waals surface area contributed by atoms with Crippen LogP contribution in [0.1, 0.15) is 18.4 Å². The molecular weight excluding hydrogens is 294 g/mol. The Labute approximate surface area is 116 Å². The van der Waals surface area contributed by atoms with Crippen molar-refractivity contribution in [3.05, 3.63) is 28.2 Å². The highest BCUT2D eigenvalue weighted by Gasteiger charge is 2.23. The van der Waals surface area contributed by atoms with Gasteiger partial charge in [0.05, 0.1) is 18.2 Å². The second-order valence-corrected chi connectivity index (χ2v) is 5.28. The summed E-state index contributed by atoms with van der Waals surface area (Å²) < 4.78 is 12.1. The van der Waals surface area contributed by atoms with Crippen LogP contribution in [0.25, 0.3) is 6.08 Å². The third kappa shape index (κ3) is 3.50. The number of ether oxygens (including phenoxy) is 2. The molecule has 0 saturated heterocycles. The number of halogens is 1. The quantitative estimate of drug-likeness (QED) is 0.877. The molecule has 0 aliphatic heterocycles. The van der Waals surface area contributed by atoms with Gasteiger partial charge in [-0.2, -0.15) is 0 Å². The molecule has 2 N–H and O–H groups in total. The summed E-state index contributed by atoms with van der Waals surface area (Å²) in [5.41, 5.74) is 6.52. The average Bonchev–Trinajstić information content (AvgIpc) is 3.17. The predicted octanol–water partition coefficient (Wildman–Crippen LogP) is 3.22. The summed E-state index contributed by atoms with van der Waals surface area (Å²) >= 11 is 3.50. The Kier molecular flexibility index (Phi) is 4.66. The van der Waals surface area contributed by atoms with Crippen LogP contribution < -0.4 is 15.2 Å². The van der Waals surface area contributed by atoms with Crippen molar-refractivity contribution >= 4 is 22.0 Å². The lowest BCUT2D eigenvalue weighted by atomic mass is 10.2. The molecule has 0 spiro atoms. The van der Waals surface area contributed by atoms with Gasteiger partial charge in [-0.1, -0.05) is 12.2 Å². The van der Waals surface area contributed by atoms with Crippen molar-refractivity contribution < 1.29 is 9.47 Å². The Balaban J connectivity index is 2.20. The van der Waals surface area contributed by atoms with Crippen molar-refractivity contribution in [3.63, 3.8) is 0 Å². The van der Waals surface area contributed by atoms with E-state index in [0.717, 1.165) is 34.1 Å². The second kappa shape index (κ2) is 6.25. The number of benzene rings is 1. The van der Waals surface area contributed by atoms with E-state index in [0.29, 0.717) is 6.54 Å². The zero-order valence-electron chi connectivity index (χ0n) is 10.5. The highest BCUT2D eigenvalue weighted by atomic mass is 79.9. The Morgan fingerprint density at radius 1 is 1.44 bits per heavy atom. The Morgan fingerprint density at radius 3 is 2.83 bits per heavy atom. The van der Waals surface area contributed by atoms with Crippen LogP contribution in [-0.4, -0.2) is 20.3 Å². The van der Waals surface area contributed by atoms with E-state index in [2.05, 4.69) is 15.9 Å². The molecule has 0 atom stereocenters. The Hall–Kier alpha value is -1.00. The topological polar surface area (TPSA) is 44.5 Å². The van der Waals surface area contributed by atoms with E-state index in [1.54, 1.807) is 7.11 Å². The number of hydrogen-bond acceptors (Lipinski definition) is 3. The molecule has 0 amide bonds. The smallest absolute Gasteiger partial charge is 0.174 e. The fourth-order valence-corrected chi connectivity index (χ4v) is 2.31. The van der Waals surface area contributed by atoms with Gasteiger partial charge in [0.25, 0.3) is 0 Å². The summed E-state index contributed by atoms with van der Waals surface area (Å²) in [5, 5.41) is 0. The number of methoxy groups -OCH3 is 1. The summed E-state index contributed by atoms with van der Waals surface area (Å²) in [4.78, 5) is 0. The van der Waals surface area contributed by atoms with Gasteiger partial charge in [-0.15, -0.1) is 0 Å². The first kappa shape index (κ1) is 13.4. The van der Waals surface area contributed by atoms with Crippen LogP contribution in [0, 0.1) is 5.92 Å². The summed E-state index contributed by atoms with van der Waals surface area (Å²) in [6.45, 7) is 1.30. The van der Waals surface area contributed by atoms with Gasteiger partial charge < -0.3 is 15.2 Å².